The summed E-state index contributed by atoms with van der Waals surface area (Å²) in [6.07, 6.45) is 0.614. The highest BCUT2D eigenvalue weighted by Gasteiger charge is 2.31. The molecular weight excluding hydrogens is 484 g/mol. The second-order valence-electron chi connectivity index (χ2n) is 8.81. The smallest absolute Gasteiger partial charge is 0.326 e. The third-order valence-electron chi connectivity index (χ3n) is 6.63. The first-order valence-electron chi connectivity index (χ1n) is 11.6. The Labute approximate surface area is 211 Å². The molecule has 0 atom stereocenters. The summed E-state index contributed by atoms with van der Waals surface area (Å²) in [5.74, 6) is 0. The van der Waals surface area contributed by atoms with E-state index in [-0.39, 0.29) is 10.9 Å². The summed E-state index contributed by atoms with van der Waals surface area (Å²) in [5, 5.41) is 3.62. The first kappa shape index (κ1) is 23.7. The van der Waals surface area contributed by atoms with Gasteiger partial charge in [0.05, 0.1) is 4.90 Å². The number of fused-ring (bicyclic) bond motifs is 1. The van der Waals surface area contributed by atoms with E-state index in [1.807, 2.05) is 55.5 Å². The van der Waals surface area contributed by atoms with Crippen LogP contribution >= 0.6 is 11.6 Å². The minimum Gasteiger partial charge on any atom is -0.369 e. The third kappa shape index (κ3) is 4.74. The van der Waals surface area contributed by atoms with Gasteiger partial charge >= 0.3 is 6.03 Å². The minimum atomic E-state index is -3.63. The largest absolute Gasteiger partial charge is 0.369 e. The number of amides is 2. The molecule has 9 heteroatoms. The topological polar surface area (TPSA) is 73.0 Å². The molecule has 1 saturated heterocycles. The van der Waals surface area contributed by atoms with E-state index in [1.54, 1.807) is 23.1 Å². The average molecular weight is 511 g/mol. The van der Waals surface area contributed by atoms with Crippen molar-refractivity contribution in [3.8, 4) is 0 Å². The molecule has 3 aromatic carbocycles. The molecule has 0 unspecified atom stereocenters. The zero-order chi connectivity index (χ0) is 24.6. The molecule has 0 radical (unpaired) electrons. The van der Waals surface area contributed by atoms with Crippen LogP contribution < -0.4 is 15.1 Å². The summed E-state index contributed by atoms with van der Waals surface area (Å²) in [4.78, 5) is 17.0. The summed E-state index contributed by atoms with van der Waals surface area (Å²) in [5.41, 5.74) is 4.36. The van der Waals surface area contributed by atoms with Crippen molar-refractivity contribution in [3.05, 3.63) is 82.9 Å². The molecule has 0 saturated carbocycles. The lowest BCUT2D eigenvalue weighted by Crippen LogP contribution is -2.48. The van der Waals surface area contributed by atoms with Gasteiger partial charge in [0, 0.05) is 54.8 Å². The molecule has 2 amide bonds. The van der Waals surface area contributed by atoms with E-state index in [0.29, 0.717) is 44.2 Å². The SMILES string of the molecule is Cc1ccccc1NC(=O)N1CCc2cc(S(=O)(=O)N3CCN(c4cccc(Cl)c4)CC3)ccc21. The van der Waals surface area contributed by atoms with Crippen LogP contribution in [0.2, 0.25) is 5.02 Å². The number of carbonyl (C=O) groups is 1. The predicted molar refractivity (Wildman–Crippen MR) is 140 cm³/mol. The Morgan fingerprint density at radius 1 is 0.914 bits per heavy atom. The summed E-state index contributed by atoms with van der Waals surface area (Å²) < 4.78 is 28.3. The lowest BCUT2D eigenvalue weighted by Gasteiger charge is -2.35. The Morgan fingerprint density at radius 2 is 1.69 bits per heavy atom. The highest BCUT2D eigenvalue weighted by atomic mass is 35.5. The molecule has 1 N–H and O–H groups in total. The number of urea groups is 1. The first-order valence-corrected chi connectivity index (χ1v) is 13.4. The molecule has 2 aliphatic heterocycles. The second-order valence-corrected chi connectivity index (χ2v) is 11.2. The number of benzene rings is 3. The van der Waals surface area contributed by atoms with Crippen LogP contribution in [0.4, 0.5) is 21.9 Å². The second kappa shape index (κ2) is 9.53. The van der Waals surface area contributed by atoms with E-state index < -0.39 is 10.0 Å². The van der Waals surface area contributed by atoms with Gasteiger partial charge in [-0.3, -0.25) is 4.90 Å². The highest BCUT2D eigenvalue weighted by molar-refractivity contribution is 7.89. The fourth-order valence-corrected chi connectivity index (χ4v) is 6.31. The van der Waals surface area contributed by atoms with Crippen LogP contribution in [0, 0.1) is 6.92 Å². The molecule has 0 bridgehead atoms. The van der Waals surface area contributed by atoms with Crippen LogP contribution in [0.3, 0.4) is 0 Å². The fourth-order valence-electron chi connectivity index (χ4n) is 4.65. The van der Waals surface area contributed by atoms with Crippen molar-refractivity contribution in [2.24, 2.45) is 0 Å². The number of aryl methyl sites for hydroxylation is 1. The van der Waals surface area contributed by atoms with Crippen LogP contribution in [-0.2, 0) is 16.4 Å². The maximum atomic E-state index is 13.4. The molecule has 0 spiro atoms. The maximum Gasteiger partial charge on any atom is 0.326 e. The third-order valence-corrected chi connectivity index (χ3v) is 8.76. The molecule has 2 aliphatic rings. The number of nitrogens with zero attached hydrogens (tertiary/aromatic N) is 3. The number of hydrogen-bond donors (Lipinski definition) is 1. The number of rotatable bonds is 4. The number of sulfonamides is 1. The molecular formula is C26H27ClN4O3S. The number of halogens is 1. The van der Waals surface area contributed by atoms with Crippen molar-refractivity contribution in [2.45, 2.75) is 18.2 Å². The van der Waals surface area contributed by atoms with Gasteiger partial charge in [-0.05, 0) is 66.9 Å². The van der Waals surface area contributed by atoms with Gasteiger partial charge in [0.2, 0.25) is 10.0 Å². The monoisotopic (exact) mass is 510 g/mol. The molecule has 3 aromatic rings. The summed E-state index contributed by atoms with van der Waals surface area (Å²) in [6.45, 7) is 4.44. The van der Waals surface area contributed by atoms with Crippen molar-refractivity contribution in [3.63, 3.8) is 0 Å². The van der Waals surface area contributed by atoms with Gasteiger partial charge in [0.25, 0.3) is 0 Å². The quantitative estimate of drug-likeness (QED) is 0.549. The number of hydrogen-bond acceptors (Lipinski definition) is 4. The van der Waals surface area contributed by atoms with Crippen LogP contribution in [0.5, 0.6) is 0 Å². The van der Waals surface area contributed by atoms with Gasteiger partial charge < -0.3 is 10.2 Å². The van der Waals surface area contributed by atoms with Crippen molar-refractivity contribution in [2.75, 3.05) is 47.8 Å². The van der Waals surface area contributed by atoms with Gasteiger partial charge in [-0.25, -0.2) is 13.2 Å². The van der Waals surface area contributed by atoms with Crippen LogP contribution in [0.1, 0.15) is 11.1 Å². The zero-order valence-corrected chi connectivity index (χ0v) is 21.0. The molecule has 5 rings (SSSR count). The number of nitrogens with one attached hydrogen (secondary N) is 1. The van der Waals surface area contributed by atoms with Gasteiger partial charge in [-0.1, -0.05) is 35.9 Å². The predicted octanol–water partition coefficient (Wildman–Crippen LogP) is 4.75. The maximum absolute atomic E-state index is 13.4. The average Bonchev–Trinajstić information content (AvgIpc) is 3.29. The molecule has 1 fully saturated rings. The summed E-state index contributed by atoms with van der Waals surface area (Å²) >= 11 is 6.11. The van der Waals surface area contributed by atoms with Crippen LogP contribution in [0.15, 0.2) is 71.6 Å². The summed E-state index contributed by atoms with van der Waals surface area (Å²) in [7, 11) is -3.63. The highest BCUT2D eigenvalue weighted by Crippen LogP contribution is 2.32. The van der Waals surface area contributed by atoms with E-state index in [4.69, 9.17) is 11.6 Å². The number of anilines is 3. The zero-order valence-electron chi connectivity index (χ0n) is 19.4. The minimum absolute atomic E-state index is 0.217. The molecule has 35 heavy (non-hydrogen) atoms. The number of para-hydroxylation sites is 1. The van der Waals surface area contributed by atoms with E-state index in [9.17, 15) is 13.2 Å². The first-order chi connectivity index (χ1) is 16.8. The van der Waals surface area contributed by atoms with Gasteiger partial charge in [0.1, 0.15) is 0 Å². The molecule has 182 valence electrons. The van der Waals surface area contributed by atoms with Crippen molar-refractivity contribution >= 4 is 44.7 Å². The Kier molecular flexibility index (Phi) is 6.44. The van der Waals surface area contributed by atoms with Gasteiger partial charge in [-0.2, -0.15) is 4.31 Å². The normalized spacial score (nSPS) is 16.3. The standard InChI is InChI=1S/C26H27ClN4O3S/c1-19-5-2-3-8-24(19)28-26(32)31-12-11-20-17-23(9-10-25(20)31)35(33,34)30-15-13-29(14-16-30)22-7-4-6-21(27)18-22/h2-10,17-18H,11-16H2,1H3,(H,28,32). The van der Waals surface area contributed by atoms with Crippen LogP contribution in [0.25, 0.3) is 0 Å². The fraction of sp³-hybridized carbons (Fsp3) is 0.269. The van der Waals surface area contributed by atoms with E-state index in [0.717, 1.165) is 28.2 Å². The lowest BCUT2D eigenvalue weighted by atomic mass is 10.2. The Balaban J connectivity index is 1.28. The lowest BCUT2D eigenvalue weighted by molar-refractivity contribution is 0.257. The van der Waals surface area contributed by atoms with Gasteiger partial charge in [-0.15, -0.1) is 0 Å². The van der Waals surface area contributed by atoms with E-state index in [1.165, 1.54) is 4.31 Å². The molecule has 0 aromatic heterocycles. The van der Waals surface area contributed by atoms with E-state index in [2.05, 4.69) is 10.2 Å². The summed E-state index contributed by atoms with van der Waals surface area (Å²) in [6, 6.07) is 20.1. The molecule has 0 aliphatic carbocycles. The van der Waals surface area contributed by atoms with Crippen molar-refractivity contribution < 1.29 is 13.2 Å². The van der Waals surface area contributed by atoms with Crippen molar-refractivity contribution in [1.29, 1.82) is 0 Å². The van der Waals surface area contributed by atoms with Crippen molar-refractivity contribution in [1.82, 2.24) is 4.31 Å². The van der Waals surface area contributed by atoms with Crippen LogP contribution in [-0.4, -0.2) is 51.5 Å². The Morgan fingerprint density at radius 3 is 2.43 bits per heavy atom. The molecule has 7 nitrogen and oxygen atoms in total. The number of piperazine rings is 1. The van der Waals surface area contributed by atoms with Gasteiger partial charge in [0.15, 0.2) is 0 Å². The molecule has 2 heterocycles. The van der Waals surface area contributed by atoms with E-state index >= 15 is 0 Å². The Bertz CT molecular complexity index is 1370. The Hall–Kier alpha value is -3.07. The number of carbonyl (C=O) groups excluding carboxylic acids is 1.